The zero-order valence-corrected chi connectivity index (χ0v) is 14.5. The molecule has 0 saturated heterocycles. The average molecular weight is 337 g/mol. The number of aromatic amines is 1. The molecule has 0 aliphatic carbocycles. The molecule has 0 saturated carbocycles. The topological polar surface area (TPSA) is 54.5 Å². The summed E-state index contributed by atoms with van der Waals surface area (Å²) >= 11 is 0. The Hall–Kier alpha value is -2.46. The van der Waals surface area contributed by atoms with Crippen molar-refractivity contribution in [2.75, 3.05) is 13.2 Å². The maximum atomic E-state index is 9.70. The minimum absolute atomic E-state index is 0.00730. The van der Waals surface area contributed by atoms with Gasteiger partial charge in [-0.15, -0.1) is 0 Å². The van der Waals surface area contributed by atoms with E-state index in [4.69, 9.17) is 9.47 Å². The van der Waals surface area contributed by atoms with Crippen LogP contribution < -0.4 is 9.47 Å². The average Bonchev–Trinajstić information content (AvgIpc) is 2.94. The molecule has 1 aliphatic rings. The molecular weight excluding hydrogens is 314 g/mol. The lowest BCUT2D eigenvalue weighted by Crippen LogP contribution is -2.00. The minimum atomic E-state index is -0.00730. The van der Waals surface area contributed by atoms with Gasteiger partial charge in [0, 0.05) is 23.1 Å². The molecule has 1 aliphatic heterocycles. The van der Waals surface area contributed by atoms with Gasteiger partial charge < -0.3 is 19.6 Å². The standard InChI is InChI=1S/C21H23NO3/c1-3-4-5-8-24-15-9-17-20-18(10-15)25-12-13(2)16-7-6-14(11-23)21(22-17)19(16)20/h6-7,9-10,22-23H,2-5,8,11-12H2,1H3. The Labute approximate surface area is 147 Å². The molecule has 2 N–H and O–H groups in total. The van der Waals surface area contributed by atoms with E-state index in [1.54, 1.807) is 0 Å². The third-order valence-corrected chi connectivity index (χ3v) is 4.85. The number of hydrogen-bond acceptors (Lipinski definition) is 3. The van der Waals surface area contributed by atoms with Crippen LogP contribution in [0.2, 0.25) is 0 Å². The highest BCUT2D eigenvalue weighted by molar-refractivity contribution is 6.16. The van der Waals surface area contributed by atoms with Crippen LogP contribution in [0.1, 0.15) is 37.3 Å². The molecule has 25 heavy (non-hydrogen) atoms. The van der Waals surface area contributed by atoms with E-state index in [9.17, 15) is 5.11 Å². The maximum absolute atomic E-state index is 9.70. The summed E-state index contributed by atoms with van der Waals surface area (Å²) in [6.45, 7) is 7.50. The zero-order chi connectivity index (χ0) is 17.4. The van der Waals surface area contributed by atoms with Crippen LogP contribution in [0.5, 0.6) is 11.5 Å². The van der Waals surface area contributed by atoms with E-state index < -0.39 is 0 Å². The van der Waals surface area contributed by atoms with E-state index in [1.807, 2.05) is 24.3 Å². The van der Waals surface area contributed by atoms with Crippen LogP contribution in [-0.2, 0) is 6.61 Å². The van der Waals surface area contributed by atoms with Crippen molar-refractivity contribution in [3.63, 3.8) is 0 Å². The van der Waals surface area contributed by atoms with Gasteiger partial charge in [-0.05, 0) is 17.6 Å². The maximum Gasteiger partial charge on any atom is 0.133 e. The van der Waals surface area contributed by atoms with E-state index >= 15 is 0 Å². The van der Waals surface area contributed by atoms with Crippen molar-refractivity contribution in [2.24, 2.45) is 0 Å². The molecule has 4 heteroatoms. The van der Waals surface area contributed by atoms with Crippen LogP contribution in [0.15, 0.2) is 30.8 Å². The number of hydrogen-bond donors (Lipinski definition) is 2. The van der Waals surface area contributed by atoms with Crippen molar-refractivity contribution in [1.82, 2.24) is 4.98 Å². The van der Waals surface area contributed by atoms with Crippen molar-refractivity contribution < 1.29 is 14.6 Å². The number of benzene rings is 2. The smallest absolute Gasteiger partial charge is 0.133 e. The number of ether oxygens (including phenoxy) is 2. The monoisotopic (exact) mass is 337 g/mol. The van der Waals surface area contributed by atoms with E-state index in [1.165, 1.54) is 12.8 Å². The zero-order valence-electron chi connectivity index (χ0n) is 14.5. The molecule has 0 bridgehead atoms. The second kappa shape index (κ2) is 6.45. The summed E-state index contributed by atoms with van der Waals surface area (Å²) in [4.78, 5) is 3.45. The van der Waals surface area contributed by atoms with Crippen LogP contribution in [0.4, 0.5) is 0 Å². The molecule has 4 rings (SSSR count). The lowest BCUT2D eigenvalue weighted by molar-refractivity contribution is 0.283. The van der Waals surface area contributed by atoms with Crippen LogP contribution in [0, 0.1) is 0 Å². The van der Waals surface area contributed by atoms with E-state index in [0.717, 1.165) is 56.4 Å². The van der Waals surface area contributed by atoms with Gasteiger partial charge in [-0.2, -0.15) is 0 Å². The molecular formula is C21H23NO3. The van der Waals surface area contributed by atoms with Gasteiger partial charge >= 0.3 is 0 Å². The predicted molar refractivity (Wildman–Crippen MR) is 101 cm³/mol. The Morgan fingerprint density at radius 2 is 2.12 bits per heavy atom. The normalized spacial score (nSPS) is 13.4. The Morgan fingerprint density at radius 1 is 1.24 bits per heavy atom. The molecule has 0 radical (unpaired) electrons. The van der Waals surface area contributed by atoms with Crippen LogP contribution in [0.25, 0.3) is 27.4 Å². The van der Waals surface area contributed by atoms with Gasteiger partial charge in [-0.1, -0.05) is 38.5 Å². The summed E-state index contributed by atoms with van der Waals surface area (Å²) in [6.07, 6.45) is 3.39. The molecule has 1 aromatic heterocycles. The lowest BCUT2D eigenvalue weighted by atomic mass is 9.99. The van der Waals surface area contributed by atoms with E-state index in [2.05, 4.69) is 18.5 Å². The SMILES string of the molecule is C=C1COc2cc(OCCCCC)cc3[nH]c4c(CO)ccc1c4c23. The van der Waals surface area contributed by atoms with Crippen molar-refractivity contribution in [2.45, 2.75) is 32.8 Å². The highest BCUT2D eigenvalue weighted by atomic mass is 16.5. The molecule has 0 fully saturated rings. The molecule has 0 amide bonds. The Morgan fingerprint density at radius 3 is 2.92 bits per heavy atom. The Bertz CT molecular complexity index is 955. The number of aromatic nitrogens is 1. The van der Waals surface area contributed by atoms with Crippen molar-refractivity contribution in [3.8, 4) is 11.5 Å². The summed E-state index contributed by atoms with van der Waals surface area (Å²) < 4.78 is 11.9. The minimum Gasteiger partial charge on any atom is -0.493 e. The first-order valence-electron chi connectivity index (χ1n) is 8.88. The first-order chi connectivity index (χ1) is 12.2. The van der Waals surface area contributed by atoms with Crippen LogP contribution in [0.3, 0.4) is 0 Å². The van der Waals surface area contributed by atoms with Gasteiger partial charge in [0.1, 0.15) is 18.1 Å². The quantitative estimate of drug-likeness (QED) is 0.636. The fraction of sp³-hybridized carbons (Fsp3) is 0.333. The number of rotatable bonds is 6. The van der Waals surface area contributed by atoms with Gasteiger partial charge in [0.15, 0.2) is 0 Å². The largest absolute Gasteiger partial charge is 0.493 e. The van der Waals surface area contributed by atoms with E-state index in [0.29, 0.717) is 13.2 Å². The molecule has 130 valence electrons. The third kappa shape index (κ3) is 2.67. The molecule has 4 nitrogen and oxygen atoms in total. The molecule has 0 unspecified atom stereocenters. The second-order valence-corrected chi connectivity index (χ2v) is 6.60. The summed E-state index contributed by atoms with van der Waals surface area (Å²) in [5, 5.41) is 11.8. The van der Waals surface area contributed by atoms with Gasteiger partial charge in [0.05, 0.1) is 29.6 Å². The van der Waals surface area contributed by atoms with Crippen LogP contribution >= 0.6 is 0 Å². The molecule has 2 aromatic carbocycles. The van der Waals surface area contributed by atoms with Crippen LogP contribution in [-0.4, -0.2) is 23.3 Å². The Balaban J connectivity index is 1.87. The fourth-order valence-electron chi connectivity index (χ4n) is 3.54. The number of aliphatic hydroxyl groups is 1. The molecule has 0 spiro atoms. The number of H-pyrrole nitrogens is 1. The van der Waals surface area contributed by atoms with Gasteiger partial charge in [-0.3, -0.25) is 0 Å². The van der Waals surface area contributed by atoms with Gasteiger partial charge in [0.25, 0.3) is 0 Å². The summed E-state index contributed by atoms with van der Waals surface area (Å²) in [5.41, 5.74) is 4.81. The van der Waals surface area contributed by atoms with Crippen molar-refractivity contribution >= 4 is 27.4 Å². The first-order valence-corrected chi connectivity index (χ1v) is 8.88. The summed E-state index contributed by atoms with van der Waals surface area (Å²) in [5.74, 6) is 1.62. The van der Waals surface area contributed by atoms with Crippen molar-refractivity contribution in [1.29, 1.82) is 0 Å². The fourth-order valence-corrected chi connectivity index (χ4v) is 3.54. The highest BCUT2D eigenvalue weighted by Gasteiger charge is 2.21. The number of nitrogens with one attached hydrogen (secondary N) is 1. The van der Waals surface area contributed by atoms with Gasteiger partial charge in [-0.25, -0.2) is 0 Å². The second-order valence-electron chi connectivity index (χ2n) is 6.60. The van der Waals surface area contributed by atoms with Gasteiger partial charge in [0.2, 0.25) is 0 Å². The Kier molecular flexibility index (Phi) is 4.14. The molecule has 2 heterocycles. The summed E-state index contributed by atoms with van der Waals surface area (Å²) in [7, 11) is 0. The number of aliphatic hydroxyl groups excluding tert-OH is 1. The van der Waals surface area contributed by atoms with E-state index in [-0.39, 0.29) is 6.61 Å². The summed E-state index contributed by atoms with van der Waals surface area (Å²) in [6, 6.07) is 7.96. The first kappa shape index (κ1) is 16.0. The molecule has 3 aromatic rings. The van der Waals surface area contributed by atoms with Crippen molar-refractivity contribution in [3.05, 3.63) is 42.0 Å². The highest BCUT2D eigenvalue weighted by Crippen LogP contribution is 2.43. The molecule has 0 atom stereocenters. The lowest BCUT2D eigenvalue weighted by Gasteiger charge is -2.10. The third-order valence-electron chi connectivity index (χ3n) is 4.85. The predicted octanol–water partition coefficient (Wildman–Crippen LogP) is 4.79. The number of unbranched alkanes of at least 4 members (excludes halogenated alkanes) is 2.